The van der Waals surface area contributed by atoms with Crippen LogP contribution >= 0.6 is 11.8 Å². The van der Waals surface area contributed by atoms with E-state index in [4.69, 9.17) is 9.16 Å². The summed E-state index contributed by atoms with van der Waals surface area (Å²) in [6, 6.07) is 10.6. The van der Waals surface area contributed by atoms with E-state index in [0.29, 0.717) is 17.9 Å². The lowest BCUT2D eigenvalue weighted by Crippen LogP contribution is -2.54. The number of benzene rings is 1. The van der Waals surface area contributed by atoms with E-state index in [2.05, 4.69) is 85.0 Å². The molecule has 0 saturated carbocycles. The van der Waals surface area contributed by atoms with Crippen molar-refractivity contribution >= 4 is 20.1 Å². The molecule has 142 valence electrons. The molecule has 0 N–H and O–H groups in total. The first-order valence-corrected chi connectivity index (χ1v) is 13.4. The third kappa shape index (κ3) is 4.91. The van der Waals surface area contributed by atoms with Crippen LogP contribution in [0.1, 0.15) is 48.0 Å². The van der Waals surface area contributed by atoms with E-state index < -0.39 is 8.32 Å². The maximum Gasteiger partial charge on any atom is 0.192 e. The van der Waals surface area contributed by atoms with Crippen LogP contribution in [0.25, 0.3) is 0 Å². The minimum atomic E-state index is -1.85. The first-order valence-electron chi connectivity index (χ1n) is 9.62. The zero-order valence-electron chi connectivity index (χ0n) is 17.2. The van der Waals surface area contributed by atoms with Gasteiger partial charge in [0, 0.05) is 4.90 Å². The summed E-state index contributed by atoms with van der Waals surface area (Å²) in [5.41, 5.74) is 0.0627. The van der Waals surface area contributed by atoms with Crippen LogP contribution in [0.15, 0.2) is 35.2 Å². The van der Waals surface area contributed by atoms with Gasteiger partial charge in [0.05, 0.1) is 12.2 Å². The molecule has 1 saturated heterocycles. The van der Waals surface area contributed by atoms with Gasteiger partial charge in [0.25, 0.3) is 0 Å². The SMILES string of the molecule is CCC1OC(Sc2ccccc2)C(O[Si](C)(C)C(C)(C)C)C(C)C1C. The van der Waals surface area contributed by atoms with Gasteiger partial charge in [-0.25, -0.2) is 0 Å². The molecule has 0 radical (unpaired) electrons. The van der Waals surface area contributed by atoms with Gasteiger partial charge in [-0.05, 0) is 48.5 Å². The van der Waals surface area contributed by atoms with E-state index in [1.807, 2.05) is 11.8 Å². The molecule has 5 unspecified atom stereocenters. The maximum atomic E-state index is 6.90. The zero-order valence-corrected chi connectivity index (χ0v) is 19.0. The maximum absolute atomic E-state index is 6.90. The molecule has 5 atom stereocenters. The van der Waals surface area contributed by atoms with Crippen LogP contribution in [0, 0.1) is 11.8 Å². The summed E-state index contributed by atoms with van der Waals surface area (Å²) in [6.45, 7) is 18.5. The predicted octanol–water partition coefficient (Wildman–Crippen LogP) is 6.58. The molecule has 0 amide bonds. The predicted molar refractivity (Wildman–Crippen MR) is 112 cm³/mol. The van der Waals surface area contributed by atoms with E-state index in [9.17, 15) is 0 Å². The molecule has 1 fully saturated rings. The highest BCUT2D eigenvalue weighted by molar-refractivity contribution is 7.99. The molecular weight excluding hydrogens is 344 g/mol. The molecule has 2 nitrogen and oxygen atoms in total. The van der Waals surface area contributed by atoms with Crippen molar-refractivity contribution in [3.05, 3.63) is 30.3 Å². The highest BCUT2D eigenvalue weighted by Crippen LogP contribution is 2.45. The Bertz CT molecular complexity index is 541. The van der Waals surface area contributed by atoms with Crippen LogP contribution < -0.4 is 0 Å². The van der Waals surface area contributed by atoms with E-state index >= 15 is 0 Å². The van der Waals surface area contributed by atoms with Gasteiger partial charge in [-0.2, -0.15) is 0 Å². The van der Waals surface area contributed by atoms with Gasteiger partial charge in [-0.15, -0.1) is 0 Å². The van der Waals surface area contributed by atoms with Crippen molar-refractivity contribution in [1.29, 1.82) is 0 Å². The lowest BCUT2D eigenvalue weighted by atomic mass is 9.83. The highest BCUT2D eigenvalue weighted by atomic mass is 32.2. The van der Waals surface area contributed by atoms with Crippen LogP contribution in [-0.4, -0.2) is 26.0 Å². The molecule has 4 heteroatoms. The van der Waals surface area contributed by atoms with E-state index in [-0.39, 0.29) is 16.6 Å². The summed E-state index contributed by atoms with van der Waals surface area (Å²) in [4.78, 5) is 1.26. The minimum absolute atomic E-state index is 0.0627. The van der Waals surface area contributed by atoms with Crippen molar-refractivity contribution in [3.63, 3.8) is 0 Å². The normalized spacial score (nSPS) is 31.1. The molecular formula is C21H36O2SSi. The fraction of sp³-hybridized carbons (Fsp3) is 0.714. The molecule has 25 heavy (non-hydrogen) atoms. The van der Waals surface area contributed by atoms with E-state index in [1.54, 1.807) is 0 Å². The largest absolute Gasteiger partial charge is 0.410 e. The third-order valence-corrected chi connectivity index (χ3v) is 11.8. The van der Waals surface area contributed by atoms with Crippen molar-refractivity contribution in [2.45, 2.75) is 88.6 Å². The monoisotopic (exact) mass is 380 g/mol. The fourth-order valence-corrected chi connectivity index (χ4v) is 5.82. The molecule has 1 aliphatic heterocycles. The number of rotatable bonds is 5. The Labute approximate surface area is 160 Å². The van der Waals surface area contributed by atoms with Gasteiger partial charge in [0.2, 0.25) is 0 Å². The van der Waals surface area contributed by atoms with Crippen molar-refractivity contribution in [2.75, 3.05) is 0 Å². The van der Waals surface area contributed by atoms with Crippen LogP contribution in [0.5, 0.6) is 0 Å². The van der Waals surface area contributed by atoms with E-state index in [1.165, 1.54) is 4.90 Å². The lowest BCUT2D eigenvalue weighted by Gasteiger charge is -2.49. The second-order valence-electron chi connectivity index (χ2n) is 8.94. The highest BCUT2D eigenvalue weighted by Gasteiger charge is 2.47. The second kappa shape index (κ2) is 8.16. The standard InChI is InChI=1S/C21H36O2SSi/c1-9-18-15(2)16(3)19(23-25(7,8)21(4,5)6)20(22-18)24-17-13-11-10-12-14-17/h10-16,18-20H,9H2,1-8H3. The topological polar surface area (TPSA) is 18.5 Å². The van der Waals surface area contributed by atoms with Crippen molar-refractivity contribution < 1.29 is 9.16 Å². The Morgan fingerprint density at radius 1 is 1.08 bits per heavy atom. The lowest BCUT2D eigenvalue weighted by molar-refractivity contribution is -0.128. The summed E-state index contributed by atoms with van der Waals surface area (Å²) >= 11 is 1.82. The zero-order chi connectivity index (χ0) is 18.8. The van der Waals surface area contributed by atoms with Gasteiger partial charge < -0.3 is 9.16 Å². The fourth-order valence-electron chi connectivity index (χ4n) is 3.14. The van der Waals surface area contributed by atoms with Crippen molar-refractivity contribution in [1.82, 2.24) is 0 Å². The number of hydrogen-bond acceptors (Lipinski definition) is 3. The summed E-state index contributed by atoms with van der Waals surface area (Å²) in [5.74, 6) is 1.02. The molecule has 0 aliphatic carbocycles. The number of hydrogen-bond donors (Lipinski definition) is 0. The first kappa shape index (κ1) is 21.0. The van der Waals surface area contributed by atoms with Crippen molar-refractivity contribution in [2.24, 2.45) is 11.8 Å². The summed E-state index contributed by atoms with van der Waals surface area (Å²) in [7, 11) is -1.85. The second-order valence-corrected chi connectivity index (χ2v) is 14.9. The average Bonchev–Trinajstić information content (AvgIpc) is 2.54. The summed E-state index contributed by atoms with van der Waals surface area (Å²) < 4.78 is 13.5. The first-order chi connectivity index (χ1) is 11.6. The average molecular weight is 381 g/mol. The molecule has 1 aliphatic rings. The Hall–Kier alpha value is -0.293. The van der Waals surface area contributed by atoms with Gasteiger partial charge >= 0.3 is 0 Å². The van der Waals surface area contributed by atoms with E-state index in [0.717, 1.165) is 6.42 Å². The van der Waals surface area contributed by atoms with Gasteiger partial charge in [0.15, 0.2) is 8.32 Å². The Balaban J connectivity index is 2.27. The molecule has 1 aromatic rings. The smallest absolute Gasteiger partial charge is 0.192 e. The molecule has 1 aromatic carbocycles. The van der Waals surface area contributed by atoms with Crippen molar-refractivity contribution in [3.8, 4) is 0 Å². The molecule has 1 heterocycles. The van der Waals surface area contributed by atoms with Gasteiger partial charge in [-0.3, -0.25) is 0 Å². The molecule has 2 rings (SSSR count). The Kier molecular flexibility index (Phi) is 6.86. The summed E-state index contributed by atoms with van der Waals surface area (Å²) in [6.07, 6.45) is 1.52. The number of thioether (sulfide) groups is 1. The minimum Gasteiger partial charge on any atom is -0.410 e. The number of ether oxygens (including phenoxy) is 1. The summed E-state index contributed by atoms with van der Waals surface area (Å²) in [5, 5.41) is 0.208. The Morgan fingerprint density at radius 3 is 2.20 bits per heavy atom. The van der Waals surface area contributed by atoms with Crippen LogP contribution in [0.2, 0.25) is 18.1 Å². The molecule has 0 bridgehead atoms. The van der Waals surface area contributed by atoms with Gasteiger partial charge in [0.1, 0.15) is 5.44 Å². The van der Waals surface area contributed by atoms with Crippen LogP contribution in [-0.2, 0) is 9.16 Å². The third-order valence-electron chi connectivity index (χ3n) is 6.15. The quantitative estimate of drug-likeness (QED) is 0.538. The van der Waals surface area contributed by atoms with Crippen LogP contribution in [0.3, 0.4) is 0 Å². The molecule has 0 aromatic heterocycles. The molecule has 0 spiro atoms. The van der Waals surface area contributed by atoms with Crippen LogP contribution in [0.4, 0.5) is 0 Å². The Morgan fingerprint density at radius 2 is 1.68 bits per heavy atom. The van der Waals surface area contributed by atoms with Gasteiger partial charge in [-0.1, -0.05) is 71.5 Å².